The summed E-state index contributed by atoms with van der Waals surface area (Å²) >= 11 is 7.60. The number of benzene rings is 1. The van der Waals surface area contributed by atoms with E-state index < -0.39 is 5.82 Å². The van der Waals surface area contributed by atoms with Gasteiger partial charge in [0.15, 0.2) is 0 Å². The van der Waals surface area contributed by atoms with Crippen LogP contribution in [0.25, 0.3) is 10.2 Å². The van der Waals surface area contributed by atoms with Gasteiger partial charge in [0.2, 0.25) is 5.91 Å². The lowest BCUT2D eigenvalue weighted by atomic mass is 9.85. The summed E-state index contributed by atoms with van der Waals surface area (Å²) in [5.41, 5.74) is 1.93. The van der Waals surface area contributed by atoms with Crippen molar-refractivity contribution in [1.29, 1.82) is 0 Å². The average molecular weight is 461 g/mol. The molecule has 5 rings (SSSR count). The van der Waals surface area contributed by atoms with Gasteiger partial charge in [0, 0.05) is 30.1 Å². The average Bonchev–Trinajstić information content (AvgIpc) is 3.15. The molecular weight excluding hydrogens is 439 g/mol. The summed E-state index contributed by atoms with van der Waals surface area (Å²) in [6, 6.07) is 4.53. The lowest BCUT2D eigenvalue weighted by Gasteiger charge is -2.29. The second kappa shape index (κ2) is 8.68. The Morgan fingerprint density at radius 2 is 2.16 bits per heavy atom. The van der Waals surface area contributed by atoms with Crippen LogP contribution in [0.15, 0.2) is 24.5 Å². The van der Waals surface area contributed by atoms with Gasteiger partial charge in [0.05, 0.1) is 23.6 Å². The Hall–Kier alpha value is -2.29. The number of nitrogens with zero attached hydrogens (tertiary/aromatic N) is 3. The van der Waals surface area contributed by atoms with Crippen LogP contribution in [0.3, 0.4) is 0 Å². The Morgan fingerprint density at radius 1 is 1.32 bits per heavy atom. The normalized spacial score (nSPS) is 18.8. The zero-order chi connectivity index (χ0) is 21.4. The Balaban J connectivity index is 1.36. The van der Waals surface area contributed by atoms with Crippen molar-refractivity contribution in [3.8, 4) is 0 Å². The number of rotatable bonds is 4. The van der Waals surface area contributed by atoms with E-state index in [1.54, 1.807) is 23.5 Å². The zero-order valence-corrected chi connectivity index (χ0v) is 18.4. The van der Waals surface area contributed by atoms with Gasteiger partial charge in [-0.25, -0.2) is 14.4 Å². The molecule has 1 N–H and O–H groups in total. The van der Waals surface area contributed by atoms with E-state index in [2.05, 4.69) is 15.3 Å². The van der Waals surface area contributed by atoms with Crippen LogP contribution in [-0.2, 0) is 22.4 Å². The molecule has 1 aromatic carbocycles. The summed E-state index contributed by atoms with van der Waals surface area (Å²) in [6.45, 7) is 2.64. The lowest BCUT2D eigenvalue weighted by Crippen LogP contribution is -2.41. The molecule has 1 amide bonds. The third-order valence-corrected chi connectivity index (χ3v) is 7.41. The largest absolute Gasteiger partial charge is 0.378 e. The molecule has 3 heterocycles. The van der Waals surface area contributed by atoms with Crippen molar-refractivity contribution in [3.05, 3.63) is 45.8 Å². The Labute approximate surface area is 188 Å². The van der Waals surface area contributed by atoms with E-state index in [0.717, 1.165) is 29.5 Å². The number of fused-ring (bicyclic) bond motifs is 3. The number of ether oxygens (including phenoxy) is 1. The number of aryl methyl sites for hydroxylation is 1. The van der Waals surface area contributed by atoms with Crippen molar-refractivity contribution in [2.75, 3.05) is 31.6 Å². The van der Waals surface area contributed by atoms with Crippen LogP contribution >= 0.6 is 22.9 Å². The highest BCUT2D eigenvalue weighted by molar-refractivity contribution is 7.19. The van der Waals surface area contributed by atoms with Crippen LogP contribution in [0, 0.1) is 11.7 Å². The first kappa shape index (κ1) is 20.6. The number of halogens is 2. The lowest BCUT2D eigenvalue weighted by molar-refractivity contribution is -0.136. The third-order valence-electron chi connectivity index (χ3n) is 5.96. The van der Waals surface area contributed by atoms with Gasteiger partial charge in [-0.05, 0) is 48.9 Å². The second-order valence-corrected chi connectivity index (χ2v) is 9.46. The molecule has 1 aliphatic heterocycles. The number of hydrogen-bond acceptors (Lipinski definition) is 6. The molecule has 1 saturated heterocycles. The Morgan fingerprint density at radius 3 is 2.97 bits per heavy atom. The van der Waals surface area contributed by atoms with Crippen molar-refractivity contribution in [3.63, 3.8) is 0 Å². The molecule has 0 saturated carbocycles. The summed E-state index contributed by atoms with van der Waals surface area (Å²) in [5.74, 6) is 0.822. The highest BCUT2D eigenvalue weighted by Crippen LogP contribution is 2.41. The van der Waals surface area contributed by atoms with Crippen molar-refractivity contribution in [1.82, 2.24) is 14.9 Å². The fourth-order valence-electron chi connectivity index (χ4n) is 4.35. The number of anilines is 2. The van der Waals surface area contributed by atoms with Gasteiger partial charge in [-0.3, -0.25) is 4.79 Å². The van der Waals surface area contributed by atoms with E-state index in [1.807, 2.05) is 4.90 Å². The standard InChI is InChI=1S/C22H22ClFN4O2S/c23-16-11-14(2-4-17(16)24)27-21-20-15-3-1-13(9-18(15)31-22(20)26-12-25-21)10-19(29)28-5-7-30-8-6-28/h2,4,11-13H,1,3,5-10H2,(H,25,26,27). The van der Waals surface area contributed by atoms with E-state index in [1.165, 1.54) is 22.8 Å². The fraction of sp³-hybridized carbons (Fsp3) is 0.409. The van der Waals surface area contributed by atoms with Gasteiger partial charge in [-0.2, -0.15) is 0 Å². The van der Waals surface area contributed by atoms with Crippen LogP contribution < -0.4 is 5.32 Å². The smallest absolute Gasteiger partial charge is 0.223 e. The first-order valence-corrected chi connectivity index (χ1v) is 11.6. The number of carbonyl (C=O) groups excluding carboxylic acids is 1. The minimum atomic E-state index is -0.453. The molecule has 1 atom stereocenters. The van der Waals surface area contributed by atoms with Crippen molar-refractivity contribution in [2.24, 2.45) is 5.92 Å². The summed E-state index contributed by atoms with van der Waals surface area (Å²) < 4.78 is 18.8. The maximum absolute atomic E-state index is 13.5. The molecule has 1 unspecified atom stereocenters. The summed E-state index contributed by atoms with van der Waals surface area (Å²) in [4.78, 5) is 25.7. The quantitative estimate of drug-likeness (QED) is 0.617. The highest BCUT2D eigenvalue weighted by Gasteiger charge is 2.28. The van der Waals surface area contributed by atoms with Gasteiger partial charge in [0.1, 0.15) is 22.8 Å². The SMILES string of the molecule is O=C(CC1CCc2c(sc3ncnc(Nc4ccc(F)c(Cl)c4)c23)C1)N1CCOCC1. The first-order valence-electron chi connectivity index (χ1n) is 10.4. The first-order chi connectivity index (χ1) is 15.1. The van der Waals surface area contributed by atoms with E-state index in [4.69, 9.17) is 16.3 Å². The molecule has 0 bridgehead atoms. The summed E-state index contributed by atoms with van der Waals surface area (Å²) in [6.07, 6.45) is 4.86. The monoisotopic (exact) mass is 460 g/mol. The number of hydrogen-bond donors (Lipinski definition) is 1. The number of thiophene rings is 1. The molecule has 0 spiro atoms. The summed E-state index contributed by atoms with van der Waals surface area (Å²) in [7, 11) is 0. The molecule has 0 radical (unpaired) electrons. The third kappa shape index (κ3) is 4.24. The number of amides is 1. The van der Waals surface area contributed by atoms with Gasteiger partial charge < -0.3 is 15.0 Å². The highest BCUT2D eigenvalue weighted by atomic mass is 35.5. The Kier molecular flexibility index (Phi) is 5.77. The van der Waals surface area contributed by atoms with Crippen molar-refractivity contribution < 1.29 is 13.9 Å². The summed E-state index contributed by atoms with van der Waals surface area (Å²) in [5, 5.41) is 4.35. The Bertz CT molecular complexity index is 1130. The number of morpholine rings is 1. The fourth-order valence-corrected chi connectivity index (χ4v) is 5.83. The molecule has 2 aliphatic rings. The van der Waals surface area contributed by atoms with Crippen LogP contribution in [0.1, 0.15) is 23.3 Å². The van der Waals surface area contributed by atoms with Gasteiger partial charge in [0.25, 0.3) is 0 Å². The van der Waals surface area contributed by atoms with Crippen LogP contribution in [0.4, 0.5) is 15.9 Å². The molecule has 31 heavy (non-hydrogen) atoms. The number of aromatic nitrogens is 2. The predicted octanol–water partition coefficient (Wildman–Crippen LogP) is 4.58. The van der Waals surface area contributed by atoms with E-state index in [9.17, 15) is 9.18 Å². The van der Waals surface area contributed by atoms with Crippen molar-refractivity contribution >= 4 is 50.6 Å². The molecule has 1 fully saturated rings. The molecule has 2 aromatic heterocycles. The number of carbonyl (C=O) groups is 1. The predicted molar refractivity (Wildman–Crippen MR) is 120 cm³/mol. The molecule has 9 heteroatoms. The van der Waals surface area contributed by atoms with Crippen LogP contribution in [-0.4, -0.2) is 47.1 Å². The van der Waals surface area contributed by atoms with Gasteiger partial charge in [-0.15, -0.1) is 11.3 Å². The second-order valence-electron chi connectivity index (χ2n) is 7.97. The molecular formula is C22H22ClFN4O2S. The van der Waals surface area contributed by atoms with Gasteiger partial charge >= 0.3 is 0 Å². The molecule has 1 aliphatic carbocycles. The zero-order valence-electron chi connectivity index (χ0n) is 16.9. The number of nitrogens with one attached hydrogen (secondary N) is 1. The van der Waals surface area contributed by atoms with Crippen molar-refractivity contribution in [2.45, 2.75) is 25.7 Å². The van der Waals surface area contributed by atoms with Crippen LogP contribution in [0.5, 0.6) is 0 Å². The molecule has 162 valence electrons. The van der Waals surface area contributed by atoms with E-state index >= 15 is 0 Å². The molecule has 6 nitrogen and oxygen atoms in total. The van der Waals surface area contributed by atoms with Crippen LogP contribution in [0.2, 0.25) is 5.02 Å². The maximum atomic E-state index is 13.5. The minimum absolute atomic E-state index is 0.0652. The topological polar surface area (TPSA) is 67.4 Å². The van der Waals surface area contributed by atoms with Gasteiger partial charge in [-0.1, -0.05) is 11.6 Å². The van der Waals surface area contributed by atoms with E-state index in [0.29, 0.717) is 50.1 Å². The van der Waals surface area contributed by atoms with E-state index in [-0.39, 0.29) is 10.9 Å². The maximum Gasteiger partial charge on any atom is 0.223 e. The molecule has 3 aromatic rings. The minimum Gasteiger partial charge on any atom is -0.378 e.